The van der Waals surface area contributed by atoms with E-state index in [0.29, 0.717) is 17.9 Å². The summed E-state index contributed by atoms with van der Waals surface area (Å²) in [7, 11) is 1.54. The number of carbonyl (C=O) groups excluding carboxylic acids is 1. The predicted molar refractivity (Wildman–Crippen MR) is 124 cm³/mol. The van der Waals surface area contributed by atoms with Gasteiger partial charge >= 0.3 is 6.18 Å². The Bertz CT molecular complexity index is 1080. The highest BCUT2D eigenvalue weighted by Crippen LogP contribution is 2.59. The van der Waals surface area contributed by atoms with Crippen LogP contribution in [0.15, 0.2) is 30.5 Å². The number of rotatable bonds is 5. The van der Waals surface area contributed by atoms with Gasteiger partial charge in [-0.05, 0) is 79.4 Å². The maximum Gasteiger partial charge on any atom is 0.410 e. The van der Waals surface area contributed by atoms with Crippen LogP contribution < -0.4 is 15.4 Å². The Morgan fingerprint density at radius 2 is 1.74 bits per heavy atom. The van der Waals surface area contributed by atoms with E-state index < -0.39 is 18.3 Å². The number of hydrogen-bond acceptors (Lipinski definition) is 4. The van der Waals surface area contributed by atoms with Crippen LogP contribution in [0.5, 0.6) is 5.75 Å². The number of ether oxygens (including phenoxy) is 1. The number of methoxy groups -OCH3 is 1. The molecule has 0 radical (unpaired) electrons. The average molecular weight is 489 g/mol. The van der Waals surface area contributed by atoms with Gasteiger partial charge in [0.1, 0.15) is 17.1 Å². The van der Waals surface area contributed by atoms with Crippen LogP contribution in [-0.4, -0.2) is 35.5 Å². The minimum Gasteiger partial charge on any atom is -0.497 e. The Kier molecular flexibility index (Phi) is 5.30. The molecule has 1 aromatic carbocycles. The van der Waals surface area contributed by atoms with Crippen molar-refractivity contribution in [3.05, 3.63) is 41.6 Å². The highest BCUT2D eigenvalue weighted by atomic mass is 19.4. The standard InChI is InChI=1S/C26H31F3N4O2/c1-35-19-4-2-18(3-5-19)21-9-22(26(27,28)29)33-23(32-21)20(13-31-33)24(34)30-14-25-10-15-6-16(11-25)8-17(7-15)12-25/h2-5,13,15-17,21-22,32H,6-12,14H2,1H3,(H,30,34). The van der Waals surface area contributed by atoms with Crippen molar-refractivity contribution >= 4 is 11.7 Å². The maximum absolute atomic E-state index is 14.0. The lowest BCUT2D eigenvalue weighted by atomic mass is 9.49. The maximum atomic E-state index is 14.0. The van der Waals surface area contributed by atoms with Crippen molar-refractivity contribution < 1.29 is 22.7 Å². The van der Waals surface area contributed by atoms with Gasteiger partial charge in [0.2, 0.25) is 0 Å². The summed E-state index contributed by atoms with van der Waals surface area (Å²) in [5.74, 6) is 2.70. The highest BCUT2D eigenvalue weighted by Gasteiger charge is 2.51. The third-order valence-corrected chi connectivity index (χ3v) is 8.79. The molecule has 6 nitrogen and oxygen atoms in total. The van der Waals surface area contributed by atoms with Crippen molar-refractivity contribution in [2.24, 2.45) is 23.2 Å². The lowest BCUT2D eigenvalue weighted by Gasteiger charge is -2.56. The van der Waals surface area contributed by atoms with Gasteiger partial charge in [-0.15, -0.1) is 0 Å². The molecule has 2 heterocycles. The molecule has 188 valence electrons. The molecule has 4 saturated carbocycles. The Morgan fingerprint density at radius 1 is 1.11 bits per heavy atom. The first-order valence-corrected chi connectivity index (χ1v) is 12.6. The van der Waals surface area contributed by atoms with Gasteiger partial charge in [-0.3, -0.25) is 4.79 Å². The number of nitrogens with one attached hydrogen (secondary N) is 2. The van der Waals surface area contributed by atoms with Gasteiger partial charge in [0.05, 0.1) is 19.3 Å². The van der Waals surface area contributed by atoms with Gasteiger partial charge in [-0.25, -0.2) is 4.68 Å². The van der Waals surface area contributed by atoms with E-state index in [1.54, 1.807) is 31.4 Å². The van der Waals surface area contributed by atoms with Crippen molar-refractivity contribution in [2.75, 3.05) is 19.0 Å². The molecular formula is C26H31F3N4O2. The molecule has 1 aromatic heterocycles. The lowest BCUT2D eigenvalue weighted by molar-refractivity contribution is -0.173. The van der Waals surface area contributed by atoms with Crippen LogP contribution in [0, 0.1) is 23.2 Å². The first-order chi connectivity index (χ1) is 16.7. The number of halogens is 3. The van der Waals surface area contributed by atoms with E-state index >= 15 is 0 Å². The highest BCUT2D eigenvalue weighted by molar-refractivity contribution is 5.99. The minimum absolute atomic E-state index is 0.127. The summed E-state index contributed by atoms with van der Waals surface area (Å²) in [6.45, 7) is 0.588. The van der Waals surface area contributed by atoms with Gasteiger partial charge < -0.3 is 15.4 Å². The zero-order valence-electron chi connectivity index (χ0n) is 19.8. The fourth-order valence-electron chi connectivity index (χ4n) is 7.65. The molecular weight excluding hydrogens is 457 g/mol. The molecule has 35 heavy (non-hydrogen) atoms. The molecule has 4 fully saturated rings. The molecule has 4 bridgehead atoms. The second-order valence-electron chi connectivity index (χ2n) is 11.2. The molecule has 2 N–H and O–H groups in total. The van der Waals surface area contributed by atoms with Crippen LogP contribution in [0.25, 0.3) is 0 Å². The quantitative estimate of drug-likeness (QED) is 0.583. The van der Waals surface area contributed by atoms with E-state index in [1.807, 2.05) is 0 Å². The third kappa shape index (κ3) is 4.06. The summed E-state index contributed by atoms with van der Waals surface area (Å²) < 4.78 is 48.1. The third-order valence-electron chi connectivity index (χ3n) is 8.79. The van der Waals surface area contributed by atoms with Crippen LogP contribution in [0.2, 0.25) is 0 Å². The molecule has 2 atom stereocenters. The van der Waals surface area contributed by atoms with Crippen LogP contribution in [0.1, 0.15) is 73.0 Å². The summed E-state index contributed by atoms with van der Waals surface area (Å²) in [6.07, 6.45) is 3.99. The monoisotopic (exact) mass is 488 g/mol. The molecule has 4 aliphatic carbocycles. The zero-order chi connectivity index (χ0) is 24.4. The topological polar surface area (TPSA) is 68.2 Å². The first-order valence-electron chi connectivity index (χ1n) is 12.6. The zero-order valence-corrected chi connectivity index (χ0v) is 19.8. The molecule has 0 spiro atoms. The second kappa shape index (κ2) is 8.17. The van der Waals surface area contributed by atoms with Crippen LogP contribution in [0.3, 0.4) is 0 Å². The Hall–Kier alpha value is -2.71. The normalized spacial score (nSPS) is 33.2. The van der Waals surface area contributed by atoms with E-state index in [0.717, 1.165) is 41.7 Å². The second-order valence-corrected chi connectivity index (χ2v) is 11.2. The van der Waals surface area contributed by atoms with Crippen LogP contribution in [-0.2, 0) is 0 Å². The Balaban J connectivity index is 1.23. The molecule has 1 aliphatic heterocycles. The number of benzene rings is 1. The van der Waals surface area contributed by atoms with Crippen molar-refractivity contribution in [3.63, 3.8) is 0 Å². The van der Waals surface area contributed by atoms with Gasteiger partial charge in [0.15, 0.2) is 6.04 Å². The number of carbonyl (C=O) groups is 1. The molecule has 7 rings (SSSR count). The van der Waals surface area contributed by atoms with E-state index in [-0.39, 0.29) is 29.1 Å². The number of alkyl halides is 3. The number of amides is 1. The van der Waals surface area contributed by atoms with Gasteiger partial charge in [0.25, 0.3) is 5.91 Å². The van der Waals surface area contributed by atoms with Gasteiger partial charge in [-0.2, -0.15) is 18.3 Å². The van der Waals surface area contributed by atoms with Crippen molar-refractivity contribution in [2.45, 2.75) is 63.2 Å². The van der Waals surface area contributed by atoms with E-state index in [2.05, 4.69) is 15.7 Å². The molecule has 0 saturated heterocycles. The smallest absolute Gasteiger partial charge is 0.410 e. The number of aromatic nitrogens is 2. The average Bonchev–Trinajstić information content (AvgIpc) is 3.24. The number of fused-ring (bicyclic) bond motifs is 1. The van der Waals surface area contributed by atoms with E-state index in [4.69, 9.17) is 4.74 Å². The molecule has 2 aromatic rings. The summed E-state index contributed by atoms with van der Waals surface area (Å²) >= 11 is 0. The summed E-state index contributed by atoms with van der Waals surface area (Å²) in [6, 6.07) is 4.54. The molecule has 5 aliphatic rings. The number of hydrogen-bond donors (Lipinski definition) is 2. The first kappa shape index (κ1) is 22.7. The Labute approximate surface area is 202 Å². The summed E-state index contributed by atoms with van der Waals surface area (Å²) in [4.78, 5) is 13.3. The van der Waals surface area contributed by atoms with Crippen molar-refractivity contribution in [1.82, 2.24) is 15.1 Å². The molecule has 2 unspecified atom stereocenters. The summed E-state index contributed by atoms with van der Waals surface area (Å²) in [5, 5.41) is 10.3. The lowest BCUT2D eigenvalue weighted by Crippen LogP contribution is -2.51. The van der Waals surface area contributed by atoms with Gasteiger partial charge in [0, 0.05) is 13.0 Å². The van der Waals surface area contributed by atoms with Crippen LogP contribution >= 0.6 is 0 Å². The van der Waals surface area contributed by atoms with E-state index in [1.165, 1.54) is 25.5 Å². The Morgan fingerprint density at radius 3 is 2.31 bits per heavy atom. The minimum atomic E-state index is -4.49. The molecule has 1 amide bonds. The number of nitrogens with zero attached hydrogens (tertiary/aromatic N) is 2. The fraction of sp³-hybridized carbons (Fsp3) is 0.615. The number of anilines is 1. The fourth-order valence-corrected chi connectivity index (χ4v) is 7.65. The SMILES string of the molecule is COc1ccc(C2CC(C(F)(F)F)n3ncc(C(=O)NCC45CC6CC(CC(C6)C4)C5)c3N2)cc1. The largest absolute Gasteiger partial charge is 0.497 e. The summed E-state index contributed by atoms with van der Waals surface area (Å²) in [5.41, 5.74) is 1.01. The van der Waals surface area contributed by atoms with Crippen molar-refractivity contribution in [1.29, 1.82) is 0 Å². The van der Waals surface area contributed by atoms with Crippen LogP contribution in [0.4, 0.5) is 19.0 Å². The predicted octanol–water partition coefficient (Wildman–Crippen LogP) is 5.50. The molecule has 9 heteroatoms. The van der Waals surface area contributed by atoms with Crippen molar-refractivity contribution in [3.8, 4) is 5.75 Å². The van der Waals surface area contributed by atoms with E-state index in [9.17, 15) is 18.0 Å². The van der Waals surface area contributed by atoms with Gasteiger partial charge in [-0.1, -0.05) is 12.1 Å².